The van der Waals surface area contributed by atoms with Crippen LogP contribution in [0.1, 0.15) is 32.3 Å². The Morgan fingerprint density at radius 3 is 2.45 bits per heavy atom. The summed E-state index contributed by atoms with van der Waals surface area (Å²) in [6.07, 6.45) is 1.09. The molecule has 0 aliphatic heterocycles. The van der Waals surface area contributed by atoms with Crippen LogP contribution in [0.2, 0.25) is 10.0 Å². The quantitative estimate of drug-likeness (QED) is 0.846. The number of amides is 1. The molecular weight excluding hydrogens is 301 g/mol. The number of hydrogen-bond acceptors (Lipinski definition) is 2. The van der Waals surface area contributed by atoms with Crippen molar-refractivity contribution in [2.45, 2.75) is 38.6 Å². The minimum atomic E-state index is -1.25. The van der Waals surface area contributed by atoms with Gasteiger partial charge in [-0.15, -0.1) is 0 Å². The van der Waals surface area contributed by atoms with Gasteiger partial charge in [-0.2, -0.15) is 0 Å². The second kappa shape index (κ2) is 6.95. The van der Waals surface area contributed by atoms with E-state index in [0.29, 0.717) is 28.5 Å². The zero-order valence-corrected chi connectivity index (χ0v) is 12.9. The first kappa shape index (κ1) is 16.8. The van der Waals surface area contributed by atoms with Gasteiger partial charge in [-0.05, 0) is 31.0 Å². The number of rotatable bonds is 6. The van der Waals surface area contributed by atoms with Crippen LogP contribution in [-0.2, 0) is 16.0 Å². The maximum absolute atomic E-state index is 12.0. The number of carboxylic acids is 1. The van der Waals surface area contributed by atoms with Crippen LogP contribution in [0.3, 0.4) is 0 Å². The lowest BCUT2D eigenvalue weighted by Crippen LogP contribution is -2.52. The molecule has 1 aromatic rings. The minimum absolute atomic E-state index is 0.0590. The lowest BCUT2D eigenvalue weighted by molar-refractivity contribution is -0.147. The summed E-state index contributed by atoms with van der Waals surface area (Å²) in [6, 6.07) is 4.89. The van der Waals surface area contributed by atoms with Crippen molar-refractivity contribution in [3.63, 3.8) is 0 Å². The molecule has 0 aromatic heterocycles. The Morgan fingerprint density at radius 1 is 1.30 bits per heavy atom. The number of benzene rings is 1. The van der Waals surface area contributed by atoms with Gasteiger partial charge in [0.05, 0.1) is 16.5 Å². The Balaban J connectivity index is 2.75. The molecule has 2 N–H and O–H groups in total. The zero-order chi connectivity index (χ0) is 15.3. The molecule has 0 fully saturated rings. The number of aliphatic carboxylic acids is 1. The van der Waals surface area contributed by atoms with E-state index in [1.54, 1.807) is 18.2 Å². The maximum Gasteiger partial charge on any atom is 0.329 e. The first-order valence-corrected chi connectivity index (χ1v) is 7.02. The number of carboxylic acid groups (broad SMARTS) is 1. The number of halogens is 2. The molecule has 0 radical (unpaired) electrons. The Bertz CT molecular complexity index is 519. The van der Waals surface area contributed by atoms with E-state index in [9.17, 15) is 14.7 Å². The van der Waals surface area contributed by atoms with E-state index in [1.807, 2.05) is 6.92 Å². The SMILES string of the molecule is CCCC(C)(NC(=O)Cc1ccc(Cl)c(Cl)c1)C(=O)O. The van der Waals surface area contributed by atoms with Gasteiger partial charge in [0.15, 0.2) is 0 Å². The van der Waals surface area contributed by atoms with Crippen LogP contribution in [0.4, 0.5) is 0 Å². The first-order valence-electron chi connectivity index (χ1n) is 6.27. The van der Waals surface area contributed by atoms with Gasteiger partial charge in [-0.1, -0.05) is 42.6 Å². The van der Waals surface area contributed by atoms with Gasteiger partial charge in [0.2, 0.25) is 5.91 Å². The highest BCUT2D eigenvalue weighted by atomic mass is 35.5. The van der Waals surface area contributed by atoms with E-state index in [1.165, 1.54) is 6.92 Å². The molecule has 20 heavy (non-hydrogen) atoms. The number of carbonyl (C=O) groups excluding carboxylic acids is 1. The van der Waals surface area contributed by atoms with Gasteiger partial charge < -0.3 is 10.4 Å². The number of hydrogen-bond donors (Lipinski definition) is 2. The molecule has 1 rings (SSSR count). The Morgan fingerprint density at radius 2 is 1.95 bits per heavy atom. The second-order valence-corrected chi connectivity index (χ2v) is 5.68. The largest absolute Gasteiger partial charge is 0.480 e. The molecule has 0 saturated heterocycles. The standard InChI is InChI=1S/C14H17Cl2NO3/c1-3-6-14(2,13(19)20)17-12(18)8-9-4-5-10(15)11(16)7-9/h4-5,7H,3,6,8H2,1-2H3,(H,17,18)(H,19,20). The lowest BCUT2D eigenvalue weighted by atomic mass is 9.96. The highest BCUT2D eigenvalue weighted by Gasteiger charge is 2.33. The van der Waals surface area contributed by atoms with Gasteiger partial charge in [-0.3, -0.25) is 4.79 Å². The van der Waals surface area contributed by atoms with Gasteiger partial charge in [-0.25, -0.2) is 4.79 Å². The molecule has 110 valence electrons. The molecule has 0 heterocycles. The zero-order valence-electron chi connectivity index (χ0n) is 11.4. The third kappa shape index (κ3) is 4.39. The van der Waals surface area contributed by atoms with Crippen LogP contribution in [-0.4, -0.2) is 22.5 Å². The average Bonchev–Trinajstić information content (AvgIpc) is 2.33. The van der Waals surface area contributed by atoms with Gasteiger partial charge in [0.1, 0.15) is 5.54 Å². The van der Waals surface area contributed by atoms with Gasteiger partial charge >= 0.3 is 5.97 Å². The average molecular weight is 318 g/mol. The van der Waals surface area contributed by atoms with Crippen molar-refractivity contribution >= 4 is 35.1 Å². The molecule has 0 saturated carbocycles. The van der Waals surface area contributed by atoms with Crippen molar-refractivity contribution in [1.29, 1.82) is 0 Å². The molecule has 0 aliphatic rings. The maximum atomic E-state index is 12.0. The molecule has 1 unspecified atom stereocenters. The van der Waals surface area contributed by atoms with Crippen LogP contribution >= 0.6 is 23.2 Å². The van der Waals surface area contributed by atoms with E-state index in [-0.39, 0.29) is 12.3 Å². The highest BCUT2D eigenvalue weighted by Crippen LogP contribution is 2.23. The van der Waals surface area contributed by atoms with Crippen LogP contribution < -0.4 is 5.32 Å². The second-order valence-electron chi connectivity index (χ2n) is 4.86. The molecule has 1 amide bonds. The summed E-state index contributed by atoms with van der Waals surface area (Å²) in [5, 5.41) is 12.5. The molecule has 0 aliphatic carbocycles. The van der Waals surface area contributed by atoms with E-state index in [2.05, 4.69) is 5.32 Å². The summed E-state index contributed by atoms with van der Waals surface area (Å²) in [4.78, 5) is 23.2. The fraction of sp³-hybridized carbons (Fsp3) is 0.429. The van der Waals surface area contributed by atoms with Crippen LogP contribution in [0.5, 0.6) is 0 Å². The summed E-state index contributed by atoms with van der Waals surface area (Å²) in [7, 11) is 0. The topological polar surface area (TPSA) is 66.4 Å². The number of carbonyl (C=O) groups is 2. The van der Waals surface area contributed by atoms with E-state index in [4.69, 9.17) is 23.2 Å². The molecule has 0 spiro atoms. The molecule has 1 aromatic carbocycles. The summed E-state index contributed by atoms with van der Waals surface area (Å²) >= 11 is 11.7. The summed E-state index contributed by atoms with van der Waals surface area (Å²) in [5.41, 5.74) is -0.566. The predicted molar refractivity (Wildman–Crippen MR) is 79.3 cm³/mol. The van der Waals surface area contributed by atoms with Crippen molar-refractivity contribution in [1.82, 2.24) is 5.32 Å². The van der Waals surface area contributed by atoms with Crippen LogP contribution in [0.15, 0.2) is 18.2 Å². The molecular formula is C14H17Cl2NO3. The van der Waals surface area contributed by atoms with Crippen molar-refractivity contribution < 1.29 is 14.7 Å². The van der Waals surface area contributed by atoms with Crippen molar-refractivity contribution in [2.24, 2.45) is 0 Å². The van der Waals surface area contributed by atoms with Crippen LogP contribution in [0, 0.1) is 0 Å². The van der Waals surface area contributed by atoms with Gasteiger partial charge in [0, 0.05) is 0 Å². The summed E-state index contributed by atoms with van der Waals surface area (Å²) in [6.45, 7) is 3.37. The summed E-state index contributed by atoms with van der Waals surface area (Å²) < 4.78 is 0. The molecule has 6 heteroatoms. The normalized spacial score (nSPS) is 13.6. The van der Waals surface area contributed by atoms with Crippen LogP contribution in [0.25, 0.3) is 0 Å². The number of nitrogens with one attached hydrogen (secondary N) is 1. The highest BCUT2D eigenvalue weighted by molar-refractivity contribution is 6.42. The molecule has 4 nitrogen and oxygen atoms in total. The fourth-order valence-electron chi connectivity index (χ4n) is 1.91. The smallest absolute Gasteiger partial charge is 0.329 e. The first-order chi connectivity index (χ1) is 9.28. The third-order valence-electron chi connectivity index (χ3n) is 2.99. The van der Waals surface area contributed by atoms with Crippen molar-refractivity contribution in [3.05, 3.63) is 33.8 Å². The molecule has 1 atom stereocenters. The lowest BCUT2D eigenvalue weighted by Gasteiger charge is -2.25. The monoisotopic (exact) mass is 317 g/mol. The van der Waals surface area contributed by atoms with E-state index >= 15 is 0 Å². The summed E-state index contributed by atoms with van der Waals surface area (Å²) in [5.74, 6) is -1.40. The van der Waals surface area contributed by atoms with Gasteiger partial charge in [0.25, 0.3) is 0 Å². The Kier molecular flexibility index (Phi) is 5.84. The minimum Gasteiger partial charge on any atom is -0.480 e. The fourth-order valence-corrected chi connectivity index (χ4v) is 2.23. The predicted octanol–water partition coefficient (Wildman–Crippen LogP) is 3.30. The van der Waals surface area contributed by atoms with Crippen molar-refractivity contribution in [3.8, 4) is 0 Å². The Hall–Kier alpha value is -1.26. The molecule has 0 bridgehead atoms. The van der Waals surface area contributed by atoms with E-state index < -0.39 is 11.5 Å². The third-order valence-corrected chi connectivity index (χ3v) is 3.73. The van der Waals surface area contributed by atoms with Crippen molar-refractivity contribution in [2.75, 3.05) is 0 Å². The van der Waals surface area contributed by atoms with E-state index in [0.717, 1.165) is 0 Å². The Labute approximate surface area is 128 Å².